The second-order valence-electron chi connectivity index (χ2n) is 9.14. The van der Waals surface area contributed by atoms with Gasteiger partial charge in [-0.1, -0.05) is 13.3 Å². The van der Waals surface area contributed by atoms with Crippen LogP contribution in [-0.2, 0) is 10.9 Å². The van der Waals surface area contributed by atoms with Crippen molar-refractivity contribution >= 4 is 23.3 Å². The number of rotatable bonds is 9. The number of alkyl halides is 3. The van der Waals surface area contributed by atoms with Crippen LogP contribution >= 0.6 is 0 Å². The van der Waals surface area contributed by atoms with E-state index in [2.05, 4.69) is 9.97 Å². The van der Waals surface area contributed by atoms with Gasteiger partial charge in [-0.2, -0.15) is 13.2 Å². The van der Waals surface area contributed by atoms with Crippen molar-refractivity contribution in [1.82, 2.24) is 14.9 Å². The van der Waals surface area contributed by atoms with Gasteiger partial charge in [-0.25, -0.2) is 9.78 Å². The fourth-order valence-electron chi connectivity index (χ4n) is 4.05. The number of anilines is 1. The number of hydrogen-bond donors (Lipinski definition) is 2. The molecule has 0 atom stereocenters. The molecular formula is C27H33F3N6O3. The van der Waals surface area contributed by atoms with Crippen molar-refractivity contribution in [3.05, 3.63) is 58.6 Å². The normalized spacial score (nSPS) is 14.5. The molecule has 0 bridgehead atoms. The first-order valence-electron chi connectivity index (χ1n) is 12.6. The third-order valence-electron chi connectivity index (χ3n) is 6.60. The van der Waals surface area contributed by atoms with Crippen molar-refractivity contribution in [3.63, 3.8) is 0 Å². The number of allylic oxidation sites excluding steroid dienone is 1. The van der Waals surface area contributed by atoms with Crippen LogP contribution in [0.5, 0.6) is 5.75 Å². The first-order chi connectivity index (χ1) is 18.5. The molecule has 2 aromatic heterocycles. The smallest absolute Gasteiger partial charge is 0.417 e. The lowest BCUT2D eigenvalue weighted by molar-refractivity contribution is -0.138. The Morgan fingerprint density at radius 1 is 1.05 bits per heavy atom. The summed E-state index contributed by atoms with van der Waals surface area (Å²) in [6, 6.07) is 2.59. The van der Waals surface area contributed by atoms with Gasteiger partial charge in [0.1, 0.15) is 17.4 Å². The largest absolute Gasteiger partial charge is 0.495 e. The predicted octanol–water partition coefficient (Wildman–Crippen LogP) is 4.96. The lowest BCUT2D eigenvalue weighted by atomic mass is 9.99. The van der Waals surface area contributed by atoms with Crippen LogP contribution < -0.4 is 9.64 Å². The van der Waals surface area contributed by atoms with E-state index >= 15 is 0 Å². The summed E-state index contributed by atoms with van der Waals surface area (Å²) in [5, 5.41) is 17.2. The number of aromatic nitrogens is 2. The van der Waals surface area contributed by atoms with Gasteiger partial charge in [0.2, 0.25) is 0 Å². The Morgan fingerprint density at radius 3 is 2.36 bits per heavy atom. The van der Waals surface area contributed by atoms with Crippen LogP contribution in [0.2, 0.25) is 0 Å². The van der Waals surface area contributed by atoms with E-state index < -0.39 is 23.3 Å². The van der Waals surface area contributed by atoms with Crippen LogP contribution in [0.1, 0.15) is 55.1 Å². The van der Waals surface area contributed by atoms with Gasteiger partial charge in [0.15, 0.2) is 0 Å². The Hall–Kier alpha value is -3.96. The van der Waals surface area contributed by atoms with Crippen LogP contribution in [0.25, 0.3) is 0 Å². The molecule has 210 valence electrons. The zero-order chi connectivity index (χ0) is 28.7. The van der Waals surface area contributed by atoms with Gasteiger partial charge in [-0.15, -0.1) is 0 Å². The third kappa shape index (κ3) is 7.12. The highest BCUT2D eigenvalue weighted by Crippen LogP contribution is 2.34. The average molecular weight is 547 g/mol. The number of methoxy groups -OCH3 is 1. The van der Waals surface area contributed by atoms with Gasteiger partial charge in [-0.3, -0.25) is 15.8 Å². The van der Waals surface area contributed by atoms with E-state index in [9.17, 15) is 18.0 Å². The minimum atomic E-state index is -4.75. The minimum absolute atomic E-state index is 0.0472. The van der Waals surface area contributed by atoms with E-state index in [1.165, 1.54) is 7.11 Å². The van der Waals surface area contributed by atoms with Crippen molar-refractivity contribution in [3.8, 4) is 5.75 Å². The van der Waals surface area contributed by atoms with E-state index in [1.54, 1.807) is 37.2 Å². The molecule has 2 aromatic rings. The second kappa shape index (κ2) is 12.7. The Labute approximate surface area is 225 Å². The quantitative estimate of drug-likeness (QED) is 0.198. The van der Waals surface area contributed by atoms with Crippen LogP contribution in [0, 0.1) is 10.8 Å². The molecule has 0 amide bonds. The first-order valence-corrected chi connectivity index (χ1v) is 12.6. The number of halogens is 3. The molecular weight excluding hydrogens is 513 g/mol. The average Bonchev–Trinajstić information content (AvgIpc) is 2.95. The van der Waals surface area contributed by atoms with Gasteiger partial charge in [0.25, 0.3) is 0 Å². The first kappa shape index (κ1) is 29.6. The maximum Gasteiger partial charge on any atom is 0.417 e. The van der Waals surface area contributed by atoms with Crippen molar-refractivity contribution < 1.29 is 27.4 Å². The molecule has 0 spiro atoms. The number of carbonyl (C=O) groups excluding carboxylic acids is 1. The fraction of sp³-hybridized carbons (Fsp3) is 0.444. The molecule has 3 heterocycles. The number of unbranched alkanes of at least 4 members (excludes halogenated alkanes) is 1. The van der Waals surface area contributed by atoms with E-state index in [0.29, 0.717) is 55.1 Å². The molecule has 12 heteroatoms. The number of ether oxygens (including phenoxy) is 2. The molecule has 0 aromatic carbocycles. The van der Waals surface area contributed by atoms with Gasteiger partial charge in [0.05, 0.1) is 36.8 Å². The second-order valence-corrected chi connectivity index (χ2v) is 9.14. The van der Waals surface area contributed by atoms with E-state index in [4.69, 9.17) is 20.3 Å². The Morgan fingerprint density at radius 2 is 1.74 bits per heavy atom. The third-order valence-corrected chi connectivity index (χ3v) is 6.60. The molecule has 1 aliphatic heterocycles. The number of piperazine rings is 1. The summed E-state index contributed by atoms with van der Waals surface area (Å²) < 4.78 is 51.5. The summed E-state index contributed by atoms with van der Waals surface area (Å²) in [7, 11) is 1.52. The highest BCUT2D eigenvalue weighted by atomic mass is 19.4. The summed E-state index contributed by atoms with van der Waals surface area (Å²) in [4.78, 5) is 24.0. The van der Waals surface area contributed by atoms with Crippen molar-refractivity contribution in [2.45, 2.75) is 39.8 Å². The lowest BCUT2D eigenvalue weighted by Crippen LogP contribution is -2.49. The summed E-state index contributed by atoms with van der Waals surface area (Å²) in [5.74, 6) is -0.171. The minimum Gasteiger partial charge on any atom is -0.495 e. The summed E-state index contributed by atoms with van der Waals surface area (Å²) in [6.07, 6.45) is 0.591. The molecule has 1 saturated heterocycles. The zero-order valence-electron chi connectivity index (χ0n) is 22.5. The number of carbonyl (C=O) groups is 1. The highest BCUT2D eigenvalue weighted by Gasteiger charge is 2.37. The molecule has 39 heavy (non-hydrogen) atoms. The molecule has 1 aliphatic rings. The SMILES string of the molecule is CCCCOC(=O)c1cnc(N2CCN(C(=N)/C(C)=C(/C)C(=N)c3cncc(OC)c3)CC2)cc1C(F)(F)F. The number of nitrogens with zero attached hydrogens (tertiary/aromatic N) is 4. The molecule has 0 radical (unpaired) electrons. The van der Waals surface area contributed by atoms with Gasteiger partial charge in [-0.05, 0) is 43.5 Å². The van der Waals surface area contributed by atoms with Crippen molar-refractivity contribution in [2.24, 2.45) is 0 Å². The molecule has 1 fully saturated rings. The van der Waals surface area contributed by atoms with E-state index in [-0.39, 0.29) is 24.0 Å². The summed E-state index contributed by atoms with van der Waals surface area (Å²) >= 11 is 0. The van der Waals surface area contributed by atoms with Crippen LogP contribution in [-0.4, -0.2) is 72.3 Å². The molecule has 9 nitrogen and oxygen atoms in total. The molecule has 0 saturated carbocycles. The molecule has 2 N–H and O–H groups in total. The van der Waals surface area contributed by atoms with E-state index in [0.717, 1.165) is 18.7 Å². The van der Waals surface area contributed by atoms with Crippen molar-refractivity contribution in [1.29, 1.82) is 10.8 Å². The number of amidine groups is 1. The van der Waals surface area contributed by atoms with Gasteiger partial charge in [0, 0.05) is 44.1 Å². The zero-order valence-corrected chi connectivity index (χ0v) is 22.5. The number of hydrogen-bond acceptors (Lipinski definition) is 8. The predicted molar refractivity (Wildman–Crippen MR) is 142 cm³/mol. The van der Waals surface area contributed by atoms with Crippen molar-refractivity contribution in [2.75, 3.05) is 44.8 Å². The van der Waals surface area contributed by atoms with Crippen LogP contribution in [0.3, 0.4) is 0 Å². The molecule has 0 aliphatic carbocycles. The van der Waals surface area contributed by atoms with E-state index in [1.807, 2.05) is 11.8 Å². The Balaban J connectivity index is 1.71. The fourth-order valence-corrected chi connectivity index (χ4v) is 4.05. The van der Waals surface area contributed by atoms with Gasteiger partial charge < -0.3 is 19.3 Å². The van der Waals surface area contributed by atoms with Crippen LogP contribution in [0.4, 0.5) is 19.0 Å². The van der Waals surface area contributed by atoms with Gasteiger partial charge >= 0.3 is 12.1 Å². The molecule has 3 rings (SSSR count). The number of esters is 1. The monoisotopic (exact) mass is 546 g/mol. The number of pyridine rings is 2. The maximum atomic E-state index is 13.8. The Kier molecular flexibility index (Phi) is 9.66. The van der Waals surface area contributed by atoms with Crippen LogP contribution in [0.15, 0.2) is 41.9 Å². The maximum absolute atomic E-state index is 13.8. The highest BCUT2D eigenvalue weighted by molar-refractivity contribution is 6.14. The number of nitrogens with one attached hydrogen (secondary N) is 2. The summed E-state index contributed by atoms with van der Waals surface area (Å²) in [5.41, 5.74) is 0.319. The topological polar surface area (TPSA) is 115 Å². The Bertz CT molecular complexity index is 1250. The lowest BCUT2D eigenvalue weighted by Gasteiger charge is -2.37. The standard InChI is InChI=1S/C27H33F3N6O3/c1-5-6-11-39-26(37)21-16-34-23(13-22(21)27(28,29)30)35-7-9-36(10-8-35)25(32)18(3)17(2)24(31)19-12-20(38-4)15-33-14-19/h12-16,31-32H,5-11H2,1-4H3/b18-17-,31-24?,32-25?. The molecule has 0 unspecified atom stereocenters. The summed E-state index contributed by atoms with van der Waals surface area (Å²) in [6.45, 7) is 6.87.